The van der Waals surface area contributed by atoms with E-state index in [-0.39, 0.29) is 11.9 Å². The van der Waals surface area contributed by atoms with Crippen LogP contribution in [0.15, 0.2) is 18.3 Å². The van der Waals surface area contributed by atoms with E-state index in [4.69, 9.17) is 11.1 Å². The fraction of sp³-hybridized carbons (Fsp3) is 0.417. The van der Waals surface area contributed by atoms with Crippen LogP contribution in [0.25, 0.3) is 0 Å². The number of aromatic nitrogens is 1. The van der Waals surface area contributed by atoms with Gasteiger partial charge in [0, 0.05) is 33.1 Å². The van der Waals surface area contributed by atoms with E-state index in [9.17, 15) is 4.79 Å². The van der Waals surface area contributed by atoms with E-state index in [1.807, 2.05) is 17.0 Å². The lowest BCUT2D eigenvalue weighted by Gasteiger charge is -2.34. The van der Waals surface area contributed by atoms with Gasteiger partial charge in [0.05, 0.1) is 11.9 Å². The Morgan fingerprint density at radius 1 is 1.37 bits per heavy atom. The lowest BCUT2D eigenvalue weighted by molar-refractivity contribution is -0.129. The van der Waals surface area contributed by atoms with Gasteiger partial charge in [-0.3, -0.25) is 10.2 Å². The molecule has 0 unspecified atom stereocenters. The topological polar surface area (TPSA) is 98.3 Å². The second kappa shape index (κ2) is 5.55. The Morgan fingerprint density at radius 3 is 2.53 bits per heavy atom. The summed E-state index contributed by atoms with van der Waals surface area (Å²) in [5.74, 6) is 0.885. The molecule has 1 fully saturated rings. The van der Waals surface area contributed by atoms with Crippen LogP contribution in [0.5, 0.6) is 0 Å². The number of hydrogen-bond acceptors (Lipinski definition) is 4. The van der Waals surface area contributed by atoms with Crippen molar-refractivity contribution in [3.8, 4) is 0 Å². The van der Waals surface area contributed by atoms with Gasteiger partial charge in [0.25, 0.3) is 0 Å². The molecule has 0 aromatic carbocycles. The van der Waals surface area contributed by atoms with Crippen LogP contribution in [0.1, 0.15) is 6.92 Å². The summed E-state index contributed by atoms with van der Waals surface area (Å²) >= 11 is 0. The van der Waals surface area contributed by atoms with E-state index in [1.54, 1.807) is 13.1 Å². The molecule has 1 aliphatic heterocycles. The number of piperazine rings is 1. The minimum absolute atomic E-state index is 0.107. The number of pyridine rings is 1. The highest BCUT2D eigenvalue weighted by Gasteiger charge is 2.19. The first kappa shape index (κ1) is 13.1. The summed E-state index contributed by atoms with van der Waals surface area (Å²) in [4.78, 5) is 19.5. The number of rotatable bonds is 2. The first-order valence-electron chi connectivity index (χ1n) is 6.14. The van der Waals surface area contributed by atoms with Crippen LogP contribution >= 0.6 is 0 Å². The van der Waals surface area contributed by atoms with E-state index in [2.05, 4.69) is 15.2 Å². The van der Waals surface area contributed by atoms with Crippen LogP contribution in [0.4, 0.5) is 11.5 Å². The highest BCUT2D eigenvalue weighted by molar-refractivity contribution is 5.89. The van der Waals surface area contributed by atoms with Gasteiger partial charge in [-0.15, -0.1) is 0 Å². The molecule has 1 aromatic heterocycles. The van der Waals surface area contributed by atoms with Gasteiger partial charge in [0.2, 0.25) is 5.91 Å². The third kappa shape index (κ3) is 3.34. The van der Waals surface area contributed by atoms with Gasteiger partial charge < -0.3 is 20.9 Å². The number of guanidine groups is 1. The van der Waals surface area contributed by atoms with Gasteiger partial charge in [-0.25, -0.2) is 4.98 Å². The standard InChI is InChI=1S/C12H18N6O/c1-9(19)17-4-6-18(7-5-17)11-3-2-10(8-15-11)16-12(13)14/h2-3,8H,4-7H2,1H3,(H4,13,14,16). The van der Waals surface area contributed by atoms with Crippen molar-refractivity contribution in [1.29, 1.82) is 5.41 Å². The number of carbonyl (C=O) groups is 1. The highest BCUT2D eigenvalue weighted by Crippen LogP contribution is 2.16. The molecule has 1 amide bonds. The molecule has 7 heteroatoms. The summed E-state index contributed by atoms with van der Waals surface area (Å²) in [5, 5.41) is 9.82. The van der Waals surface area contributed by atoms with Gasteiger partial charge >= 0.3 is 0 Å². The number of amides is 1. The first-order chi connectivity index (χ1) is 9.06. The molecule has 0 spiro atoms. The molecule has 0 radical (unpaired) electrons. The lowest BCUT2D eigenvalue weighted by Crippen LogP contribution is -2.48. The molecule has 2 heterocycles. The normalized spacial score (nSPS) is 15.2. The monoisotopic (exact) mass is 262 g/mol. The number of nitrogens with zero attached hydrogens (tertiary/aromatic N) is 3. The van der Waals surface area contributed by atoms with Crippen LogP contribution in [0.3, 0.4) is 0 Å². The molecule has 2 rings (SSSR count). The Kier molecular flexibility index (Phi) is 3.84. The van der Waals surface area contributed by atoms with E-state index in [1.165, 1.54) is 0 Å². The van der Waals surface area contributed by atoms with E-state index < -0.39 is 0 Å². The summed E-state index contributed by atoms with van der Waals surface area (Å²) in [5.41, 5.74) is 5.94. The van der Waals surface area contributed by atoms with Crippen molar-refractivity contribution in [1.82, 2.24) is 9.88 Å². The molecule has 0 atom stereocenters. The molecule has 0 saturated carbocycles. The Balaban J connectivity index is 1.96. The van der Waals surface area contributed by atoms with Gasteiger partial charge in [0.1, 0.15) is 5.82 Å². The molecule has 4 N–H and O–H groups in total. The molecular formula is C12H18N6O. The van der Waals surface area contributed by atoms with E-state index in [0.717, 1.165) is 32.0 Å². The molecular weight excluding hydrogens is 244 g/mol. The van der Waals surface area contributed by atoms with Crippen molar-refractivity contribution in [2.45, 2.75) is 6.92 Å². The fourth-order valence-corrected chi connectivity index (χ4v) is 2.05. The second-order valence-corrected chi connectivity index (χ2v) is 4.44. The predicted octanol–water partition coefficient (Wildman–Crippen LogP) is 0.0555. The fourth-order valence-electron chi connectivity index (χ4n) is 2.05. The zero-order chi connectivity index (χ0) is 13.8. The Morgan fingerprint density at radius 2 is 2.05 bits per heavy atom. The maximum atomic E-state index is 11.2. The van der Waals surface area contributed by atoms with Crippen LogP contribution in [0, 0.1) is 5.41 Å². The number of anilines is 2. The lowest BCUT2D eigenvalue weighted by atomic mass is 10.3. The molecule has 1 aliphatic rings. The van der Waals surface area contributed by atoms with E-state index >= 15 is 0 Å². The molecule has 19 heavy (non-hydrogen) atoms. The SMILES string of the molecule is CC(=O)N1CCN(c2ccc(NC(=N)N)cn2)CC1. The second-order valence-electron chi connectivity index (χ2n) is 4.44. The van der Waals surface area contributed by atoms with Crippen molar-refractivity contribution < 1.29 is 4.79 Å². The Bertz CT molecular complexity index is 464. The van der Waals surface area contributed by atoms with Crippen molar-refractivity contribution in [3.05, 3.63) is 18.3 Å². The molecule has 0 bridgehead atoms. The zero-order valence-corrected chi connectivity index (χ0v) is 10.9. The third-order valence-corrected chi connectivity index (χ3v) is 3.08. The molecule has 0 aliphatic carbocycles. The number of nitrogens with one attached hydrogen (secondary N) is 2. The maximum Gasteiger partial charge on any atom is 0.219 e. The van der Waals surface area contributed by atoms with Crippen molar-refractivity contribution in [2.75, 3.05) is 36.4 Å². The minimum atomic E-state index is -0.107. The number of hydrogen-bond donors (Lipinski definition) is 3. The highest BCUT2D eigenvalue weighted by atomic mass is 16.2. The average molecular weight is 262 g/mol. The Hall–Kier alpha value is -2.31. The summed E-state index contributed by atoms with van der Waals surface area (Å²) in [6.07, 6.45) is 1.65. The summed E-state index contributed by atoms with van der Waals surface area (Å²) < 4.78 is 0. The van der Waals surface area contributed by atoms with Crippen LogP contribution in [0.2, 0.25) is 0 Å². The summed E-state index contributed by atoms with van der Waals surface area (Å²) in [6.45, 7) is 4.61. The third-order valence-electron chi connectivity index (χ3n) is 3.08. The van der Waals surface area contributed by atoms with Crippen LogP contribution in [-0.4, -0.2) is 47.9 Å². The number of carbonyl (C=O) groups excluding carboxylic acids is 1. The van der Waals surface area contributed by atoms with Crippen LogP contribution in [-0.2, 0) is 4.79 Å². The molecule has 7 nitrogen and oxygen atoms in total. The number of nitrogens with two attached hydrogens (primary N) is 1. The van der Waals surface area contributed by atoms with Crippen LogP contribution < -0.4 is 16.0 Å². The van der Waals surface area contributed by atoms with Crippen molar-refractivity contribution in [2.24, 2.45) is 5.73 Å². The van der Waals surface area contributed by atoms with Gasteiger partial charge in [-0.2, -0.15) is 0 Å². The molecule has 1 aromatic rings. The van der Waals surface area contributed by atoms with Gasteiger partial charge in [-0.1, -0.05) is 0 Å². The molecule has 102 valence electrons. The summed E-state index contributed by atoms with van der Waals surface area (Å²) in [7, 11) is 0. The predicted molar refractivity (Wildman–Crippen MR) is 74.2 cm³/mol. The zero-order valence-electron chi connectivity index (χ0n) is 10.9. The van der Waals surface area contributed by atoms with Gasteiger partial charge in [-0.05, 0) is 12.1 Å². The van der Waals surface area contributed by atoms with Gasteiger partial charge in [0.15, 0.2) is 5.96 Å². The smallest absolute Gasteiger partial charge is 0.219 e. The van der Waals surface area contributed by atoms with Crippen molar-refractivity contribution >= 4 is 23.4 Å². The quantitative estimate of drug-likeness (QED) is 0.517. The molecule has 1 saturated heterocycles. The Labute approximate surface area is 111 Å². The first-order valence-corrected chi connectivity index (χ1v) is 6.14. The largest absolute Gasteiger partial charge is 0.370 e. The van der Waals surface area contributed by atoms with Crippen molar-refractivity contribution in [3.63, 3.8) is 0 Å². The van der Waals surface area contributed by atoms with E-state index in [0.29, 0.717) is 5.69 Å². The minimum Gasteiger partial charge on any atom is -0.370 e. The average Bonchev–Trinajstić information content (AvgIpc) is 2.39. The maximum absolute atomic E-state index is 11.2. The summed E-state index contributed by atoms with van der Waals surface area (Å²) in [6, 6.07) is 3.72.